The number of hydrogen-bond donors (Lipinski definition) is 1. The van der Waals surface area contributed by atoms with E-state index in [9.17, 15) is 5.11 Å². The first kappa shape index (κ1) is 18.0. The van der Waals surface area contributed by atoms with Gasteiger partial charge in [-0.1, -0.05) is 48.5 Å². The number of nitrogens with zero attached hydrogens (tertiary/aromatic N) is 2. The first-order valence-corrected chi connectivity index (χ1v) is 9.68. The van der Waals surface area contributed by atoms with Gasteiger partial charge in [-0.05, 0) is 56.5 Å². The van der Waals surface area contributed by atoms with Gasteiger partial charge in [-0.15, -0.1) is 0 Å². The summed E-state index contributed by atoms with van der Waals surface area (Å²) < 4.78 is 5.88. The summed E-state index contributed by atoms with van der Waals surface area (Å²) in [5, 5.41) is 10.6. The molecule has 4 nitrogen and oxygen atoms in total. The summed E-state index contributed by atoms with van der Waals surface area (Å²) in [4.78, 5) is 7.13. The van der Waals surface area contributed by atoms with Gasteiger partial charge in [0.1, 0.15) is 5.76 Å². The summed E-state index contributed by atoms with van der Waals surface area (Å²) >= 11 is 0. The second-order valence-corrected chi connectivity index (χ2v) is 7.36. The normalized spacial score (nSPS) is 17.1. The Morgan fingerprint density at radius 2 is 1.67 bits per heavy atom. The number of hydrogen-bond acceptors (Lipinski definition) is 4. The third kappa shape index (κ3) is 4.12. The molecule has 2 heterocycles. The molecule has 1 fully saturated rings. The molecule has 0 spiro atoms. The fourth-order valence-electron chi connectivity index (χ4n) is 3.84. The molecule has 0 bridgehead atoms. The zero-order valence-electron chi connectivity index (χ0n) is 15.7. The lowest BCUT2D eigenvalue weighted by Crippen LogP contribution is -2.35. The van der Waals surface area contributed by atoms with Gasteiger partial charge in [0, 0.05) is 12.1 Å². The lowest BCUT2D eigenvalue weighted by molar-refractivity contribution is 0.0563. The highest BCUT2D eigenvalue weighted by Gasteiger charge is 2.27. The van der Waals surface area contributed by atoms with Crippen LogP contribution in [-0.2, 0) is 6.54 Å². The van der Waals surface area contributed by atoms with Gasteiger partial charge >= 0.3 is 0 Å². The van der Waals surface area contributed by atoms with Gasteiger partial charge in [-0.25, -0.2) is 4.98 Å². The molecular weight excluding hydrogens is 336 g/mol. The zero-order chi connectivity index (χ0) is 18.6. The van der Waals surface area contributed by atoms with Crippen molar-refractivity contribution in [1.29, 1.82) is 0 Å². The van der Waals surface area contributed by atoms with Gasteiger partial charge < -0.3 is 9.52 Å². The van der Waals surface area contributed by atoms with E-state index in [1.807, 2.05) is 67.6 Å². The Labute approximate surface area is 160 Å². The molecule has 1 saturated heterocycles. The van der Waals surface area contributed by atoms with Crippen LogP contribution in [0.4, 0.5) is 0 Å². The molecule has 1 N–H and O–H groups in total. The van der Waals surface area contributed by atoms with E-state index in [1.54, 1.807) is 0 Å². The molecule has 1 aliphatic heterocycles. The van der Waals surface area contributed by atoms with Crippen LogP contribution in [0.25, 0.3) is 11.5 Å². The van der Waals surface area contributed by atoms with Crippen molar-refractivity contribution >= 4 is 0 Å². The third-order valence-electron chi connectivity index (χ3n) is 5.51. The van der Waals surface area contributed by atoms with E-state index >= 15 is 0 Å². The highest BCUT2D eigenvalue weighted by atomic mass is 16.4. The van der Waals surface area contributed by atoms with Crippen LogP contribution in [0.15, 0.2) is 65.1 Å². The second-order valence-electron chi connectivity index (χ2n) is 7.36. The number of oxazole rings is 1. The predicted molar refractivity (Wildman–Crippen MR) is 106 cm³/mol. The van der Waals surface area contributed by atoms with Crippen LogP contribution in [-0.4, -0.2) is 28.1 Å². The van der Waals surface area contributed by atoms with E-state index in [-0.39, 0.29) is 6.10 Å². The van der Waals surface area contributed by atoms with Gasteiger partial charge in [-0.3, -0.25) is 4.90 Å². The van der Waals surface area contributed by atoms with Crippen LogP contribution in [0.3, 0.4) is 0 Å². The minimum absolute atomic E-state index is 0.321. The van der Waals surface area contributed by atoms with Crippen LogP contribution < -0.4 is 0 Å². The van der Waals surface area contributed by atoms with Crippen molar-refractivity contribution in [2.75, 3.05) is 13.1 Å². The summed E-state index contributed by atoms with van der Waals surface area (Å²) in [5.74, 6) is 1.90. The Morgan fingerprint density at radius 1 is 1.04 bits per heavy atom. The molecular formula is C23H26N2O2. The van der Waals surface area contributed by atoms with Crippen molar-refractivity contribution in [1.82, 2.24) is 9.88 Å². The molecule has 1 atom stereocenters. The lowest BCUT2D eigenvalue weighted by atomic mass is 9.87. The number of aliphatic hydroxyl groups is 1. The number of aromatic nitrogens is 1. The molecule has 140 valence electrons. The fraction of sp³-hybridized carbons (Fsp3) is 0.348. The van der Waals surface area contributed by atoms with Gasteiger partial charge in [0.15, 0.2) is 0 Å². The van der Waals surface area contributed by atoms with Crippen molar-refractivity contribution in [3.8, 4) is 11.5 Å². The molecule has 1 aliphatic rings. The topological polar surface area (TPSA) is 49.5 Å². The Bertz CT molecular complexity index is 853. The Hall–Kier alpha value is -2.43. The van der Waals surface area contributed by atoms with Crippen molar-refractivity contribution in [2.45, 2.75) is 32.4 Å². The summed E-state index contributed by atoms with van der Waals surface area (Å²) in [6.07, 6.45) is 1.63. The van der Waals surface area contributed by atoms with Crippen LogP contribution >= 0.6 is 0 Å². The van der Waals surface area contributed by atoms with Gasteiger partial charge in [0.05, 0.1) is 11.8 Å². The number of aryl methyl sites for hydroxylation is 1. The number of aliphatic hydroxyl groups excluding tert-OH is 1. The minimum Gasteiger partial charge on any atom is -0.441 e. The number of piperidine rings is 1. The van der Waals surface area contributed by atoms with E-state index in [2.05, 4.69) is 4.90 Å². The first-order valence-electron chi connectivity index (χ1n) is 9.68. The first-order chi connectivity index (χ1) is 13.2. The minimum atomic E-state index is -0.369. The Kier molecular flexibility index (Phi) is 5.37. The van der Waals surface area contributed by atoms with Crippen LogP contribution in [0.1, 0.15) is 36.0 Å². The average molecular weight is 362 g/mol. The monoisotopic (exact) mass is 362 g/mol. The molecule has 1 unspecified atom stereocenters. The van der Waals surface area contributed by atoms with E-state index in [4.69, 9.17) is 9.40 Å². The van der Waals surface area contributed by atoms with Crippen molar-refractivity contribution in [2.24, 2.45) is 5.92 Å². The maximum atomic E-state index is 10.6. The Morgan fingerprint density at radius 3 is 2.33 bits per heavy atom. The molecule has 0 radical (unpaired) electrons. The Balaban J connectivity index is 1.36. The van der Waals surface area contributed by atoms with Gasteiger partial charge in [-0.2, -0.15) is 0 Å². The molecule has 0 aliphatic carbocycles. The second kappa shape index (κ2) is 8.07. The summed E-state index contributed by atoms with van der Waals surface area (Å²) in [6, 6.07) is 20.0. The quantitative estimate of drug-likeness (QED) is 0.721. The molecule has 2 aromatic carbocycles. The molecule has 27 heavy (non-hydrogen) atoms. The molecule has 0 saturated carbocycles. The number of likely N-dealkylation sites (tertiary alicyclic amines) is 1. The van der Waals surface area contributed by atoms with Crippen molar-refractivity contribution in [3.63, 3.8) is 0 Å². The van der Waals surface area contributed by atoms with Crippen molar-refractivity contribution in [3.05, 3.63) is 77.7 Å². The predicted octanol–water partition coefficient (Wildman–Crippen LogP) is 4.60. The van der Waals surface area contributed by atoms with Crippen LogP contribution in [0.2, 0.25) is 0 Å². The fourth-order valence-corrected chi connectivity index (χ4v) is 3.84. The largest absolute Gasteiger partial charge is 0.441 e. The summed E-state index contributed by atoms with van der Waals surface area (Å²) in [5.41, 5.74) is 3.04. The smallest absolute Gasteiger partial charge is 0.226 e. The molecule has 1 aromatic heterocycles. The average Bonchev–Trinajstić information content (AvgIpc) is 3.10. The summed E-state index contributed by atoms with van der Waals surface area (Å²) in [6.45, 7) is 4.74. The number of benzene rings is 2. The third-order valence-corrected chi connectivity index (χ3v) is 5.51. The zero-order valence-corrected chi connectivity index (χ0v) is 15.7. The molecule has 4 heteroatoms. The highest BCUT2D eigenvalue weighted by Crippen LogP contribution is 2.31. The molecule has 3 aromatic rings. The van der Waals surface area contributed by atoms with E-state index in [0.717, 1.165) is 55.1 Å². The van der Waals surface area contributed by atoms with Crippen LogP contribution in [0.5, 0.6) is 0 Å². The highest BCUT2D eigenvalue weighted by molar-refractivity contribution is 5.53. The van der Waals surface area contributed by atoms with Gasteiger partial charge in [0.25, 0.3) is 0 Å². The number of rotatable bonds is 5. The maximum Gasteiger partial charge on any atom is 0.226 e. The standard InChI is InChI=1S/C23H26N2O2/c1-17-21(24-23(27-17)20-10-6-3-7-11-20)16-25-14-12-19(13-15-25)22(26)18-8-4-2-5-9-18/h2-11,19,22,26H,12-16H2,1H3. The SMILES string of the molecule is Cc1oc(-c2ccccc2)nc1CN1CCC(C(O)c2ccccc2)CC1. The summed E-state index contributed by atoms with van der Waals surface area (Å²) in [7, 11) is 0. The van der Waals surface area contributed by atoms with E-state index in [1.165, 1.54) is 0 Å². The van der Waals surface area contributed by atoms with Crippen molar-refractivity contribution < 1.29 is 9.52 Å². The van der Waals surface area contributed by atoms with Gasteiger partial charge in [0.2, 0.25) is 5.89 Å². The molecule has 0 amide bonds. The van der Waals surface area contributed by atoms with E-state index in [0.29, 0.717) is 11.8 Å². The maximum absolute atomic E-state index is 10.6. The van der Waals surface area contributed by atoms with Crippen LogP contribution in [0, 0.1) is 12.8 Å². The lowest BCUT2D eigenvalue weighted by Gasteiger charge is -2.34. The van der Waals surface area contributed by atoms with E-state index < -0.39 is 0 Å². The molecule has 4 rings (SSSR count).